The molecule has 2 aromatic carbocycles. The molecule has 1 aliphatic rings. The van der Waals surface area contributed by atoms with Crippen molar-refractivity contribution >= 4 is 35.2 Å². The highest BCUT2D eigenvalue weighted by atomic mass is 32.2. The molecule has 3 amide bonds. The number of fused-ring (bicyclic) bond motifs is 1. The number of nitrogens with two attached hydrogens (primary N) is 1. The van der Waals surface area contributed by atoms with Crippen LogP contribution in [0.2, 0.25) is 0 Å². The second-order valence-corrected chi connectivity index (χ2v) is 7.20. The van der Waals surface area contributed by atoms with E-state index < -0.39 is 11.8 Å². The summed E-state index contributed by atoms with van der Waals surface area (Å²) in [4.78, 5) is 36.5. The highest BCUT2D eigenvalue weighted by Gasteiger charge is 2.20. The van der Waals surface area contributed by atoms with Crippen molar-refractivity contribution in [2.75, 3.05) is 17.6 Å². The number of rotatable bonds is 6. The minimum Gasteiger partial charge on any atom is -0.369 e. The number of nitrogens with one attached hydrogen (secondary N) is 2. The van der Waals surface area contributed by atoms with Crippen LogP contribution in [-0.4, -0.2) is 30.0 Å². The van der Waals surface area contributed by atoms with Crippen LogP contribution in [0, 0.1) is 11.7 Å². The number of hydrogen-bond donors (Lipinski definition) is 3. The maximum Gasteiger partial charge on any atom is 0.251 e. The van der Waals surface area contributed by atoms with Gasteiger partial charge in [0, 0.05) is 17.0 Å². The molecule has 0 aliphatic carbocycles. The number of hydrogen-bond acceptors (Lipinski definition) is 4. The lowest BCUT2D eigenvalue weighted by Gasteiger charge is -2.18. The number of thioether (sulfide) groups is 1. The van der Waals surface area contributed by atoms with E-state index in [-0.39, 0.29) is 24.2 Å². The smallest absolute Gasteiger partial charge is 0.251 e. The van der Waals surface area contributed by atoms with Gasteiger partial charge in [-0.05, 0) is 42.3 Å². The third-order valence-corrected chi connectivity index (χ3v) is 5.25. The van der Waals surface area contributed by atoms with Gasteiger partial charge in [-0.3, -0.25) is 14.4 Å². The molecule has 0 fully saturated rings. The van der Waals surface area contributed by atoms with E-state index in [1.54, 1.807) is 30.3 Å². The zero-order chi connectivity index (χ0) is 19.4. The zero-order valence-corrected chi connectivity index (χ0v) is 15.1. The van der Waals surface area contributed by atoms with E-state index in [2.05, 4.69) is 10.6 Å². The molecule has 4 N–H and O–H groups in total. The second-order valence-electron chi connectivity index (χ2n) is 6.19. The fourth-order valence-corrected chi connectivity index (χ4v) is 3.51. The van der Waals surface area contributed by atoms with Gasteiger partial charge in [-0.1, -0.05) is 12.1 Å². The predicted octanol–water partition coefficient (Wildman–Crippen LogP) is 1.94. The van der Waals surface area contributed by atoms with Crippen LogP contribution in [-0.2, 0) is 16.0 Å². The zero-order valence-electron chi connectivity index (χ0n) is 14.3. The van der Waals surface area contributed by atoms with E-state index in [0.717, 1.165) is 10.5 Å². The van der Waals surface area contributed by atoms with Gasteiger partial charge in [0.1, 0.15) is 5.82 Å². The first-order valence-electron chi connectivity index (χ1n) is 8.31. The van der Waals surface area contributed by atoms with Gasteiger partial charge in [-0.25, -0.2) is 4.39 Å². The number of amides is 3. The Morgan fingerprint density at radius 3 is 2.67 bits per heavy atom. The molecule has 27 heavy (non-hydrogen) atoms. The summed E-state index contributed by atoms with van der Waals surface area (Å²) in [6, 6.07) is 10.8. The Morgan fingerprint density at radius 1 is 1.22 bits per heavy atom. The third kappa shape index (κ3) is 4.85. The molecule has 0 spiro atoms. The quantitative estimate of drug-likeness (QED) is 0.705. The molecular formula is C19H18FN3O3S. The average molecular weight is 387 g/mol. The van der Waals surface area contributed by atoms with Gasteiger partial charge in [-0.15, -0.1) is 11.8 Å². The van der Waals surface area contributed by atoms with Crippen molar-refractivity contribution in [3.63, 3.8) is 0 Å². The van der Waals surface area contributed by atoms with Gasteiger partial charge in [-0.2, -0.15) is 0 Å². The number of halogens is 1. The van der Waals surface area contributed by atoms with E-state index in [0.29, 0.717) is 23.4 Å². The molecule has 6 nitrogen and oxygen atoms in total. The average Bonchev–Trinajstić information content (AvgIpc) is 2.65. The molecular weight excluding hydrogens is 369 g/mol. The summed E-state index contributed by atoms with van der Waals surface area (Å²) in [7, 11) is 0. The van der Waals surface area contributed by atoms with Gasteiger partial charge in [0.15, 0.2) is 0 Å². The third-order valence-electron chi connectivity index (χ3n) is 4.18. The molecule has 0 saturated heterocycles. The Hall–Kier alpha value is -2.87. The normalized spacial score (nSPS) is 14.0. The fraction of sp³-hybridized carbons (Fsp3) is 0.211. The number of primary amides is 1. The summed E-state index contributed by atoms with van der Waals surface area (Å²) in [6.07, 6.45) is 0.298. The van der Waals surface area contributed by atoms with Gasteiger partial charge < -0.3 is 16.4 Å². The first-order valence-corrected chi connectivity index (χ1v) is 9.29. The molecule has 1 aliphatic heterocycles. The number of benzene rings is 2. The van der Waals surface area contributed by atoms with Crippen LogP contribution >= 0.6 is 11.8 Å². The Labute approximate surface area is 159 Å². The SMILES string of the molecule is NC(=O)[C@H](CNC(=O)c1ccc2c(c1)NC(=O)CS2)Cc1ccc(F)cc1. The van der Waals surface area contributed by atoms with Crippen molar-refractivity contribution in [2.24, 2.45) is 11.7 Å². The van der Waals surface area contributed by atoms with E-state index in [1.165, 1.54) is 23.9 Å². The van der Waals surface area contributed by atoms with Crippen LogP contribution in [0.15, 0.2) is 47.4 Å². The van der Waals surface area contributed by atoms with Crippen molar-refractivity contribution in [3.8, 4) is 0 Å². The van der Waals surface area contributed by atoms with Crippen LogP contribution in [0.1, 0.15) is 15.9 Å². The van der Waals surface area contributed by atoms with Crippen molar-refractivity contribution < 1.29 is 18.8 Å². The highest BCUT2D eigenvalue weighted by Crippen LogP contribution is 2.31. The Kier molecular flexibility index (Phi) is 5.75. The van der Waals surface area contributed by atoms with Crippen molar-refractivity contribution in [2.45, 2.75) is 11.3 Å². The number of carbonyl (C=O) groups excluding carboxylic acids is 3. The first-order chi connectivity index (χ1) is 12.9. The number of anilines is 1. The summed E-state index contributed by atoms with van der Waals surface area (Å²) in [5.74, 6) is -1.66. The van der Waals surface area contributed by atoms with Crippen LogP contribution in [0.5, 0.6) is 0 Å². The Balaban J connectivity index is 1.64. The fourth-order valence-electron chi connectivity index (χ4n) is 2.72. The standard InChI is InChI=1S/C19H18FN3O3S/c20-14-4-1-11(2-5-14)7-13(18(21)25)9-22-19(26)12-3-6-16-15(8-12)23-17(24)10-27-16/h1-6,8,13H,7,9-10H2,(H2,21,25)(H,22,26)(H,23,24)/t13-/m0/s1. The van der Waals surface area contributed by atoms with Crippen molar-refractivity contribution in [1.29, 1.82) is 0 Å². The van der Waals surface area contributed by atoms with Crippen LogP contribution in [0.25, 0.3) is 0 Å². The summed E-state index contributed by atoms with van der Waals surface area (Å²) >= 11 is 1.41. The summed E-state index contributed by atoms with van der Waals surface area (Å²) in [5.41, 5.74) is 7.16. The van der Waals surface area contributed by atoms with E-state index in [1.807, 2.05) is 0 Å². The summed E-state index contributed by atoms with van der Waals surface area (Å²) < 4.78 is 13.0. The minimum absolute atomic E-state index is 0.0593. The molecule has 0 aromatic heterocycles. The predicted molar refractivity (Wildman–Crippen MR) is 101 cm³/mol. The largest absolute Gasteiger partial charge is 0.369 e. The van der Waals surface area contributed by atoms with Gasteiger partial charge in [0.25, 0.3) is 5.91 Å². The van der Waals surface area contributed by atoms with Crippen molar-refractivity contribution in [3.05, 3.63) is 59.4 Å². The summed E-state index contributed by atoms with van der Waals surface area (Å²) in [5, 5.41) is 5.43. The molecule has 140 valence electrons. The van der Waals surface area contributed by atoms with E-state index in [9.17, 15) is 18.8 Å². The first kappa shape index (κ1) is 18.9. The van der Waals surface area contributed by atoms with E-state index in [4.69, 9.17) is 5.73 Å². The molecule has 0 bridgehead atoms. The van der Waals surface area contributed by atoms with Gasteiger partial charge >= 0.3 is 0 Å². The van der Waals surface area contributed by atoms with E-state index >= 15 is 0 Å². The van der Waals surface area contributed by atoms with Crippen molar-refractivity contribution in [1.82, 2.24) is 5.32 Å². The molecule has 3 rings (SSSR count). The summed E-state index contributed by atoms with van der Waals surface area (Å²) in [6.45, 7) is 0.0593. The molecule has 0 unspecified atom stereocenters. The molecule has 0 saturated carbocycles. The molecule has 8 heteroatoms. The van der Waals surface area contributed by atoms with Crippen LogP contribution < -0.4 is 16.4 Å². The monoisotopic (exact) mass is 387 g/mol. The molecule has 0 radical (unpaired) electrons. The second kappa shape index (κ2) is 8.22. The highest BCUT2D eigenvalue weighted by molar-refractivity contribution is 8.00. The van der Waals surface area contributed by atoms with Crippen LogP contribution in [0.3, 0.4) is 0 Å². The number of carbonyl (C=O) groups is 3. The maximum atomic E-state index is 13.0. The molecule has 1 atom stereocenters. The molecule has 1 heterocycles. The van der Waals surface area contributed by atoms with Gasteiger partial charge in [0.05, 0.1) is 17.4 Å². The lowest BCUT2D eigenvalue weighted by atomic mass is 9.98. The lowest BCUT2D eigenvalue weighted by Crippen LogP contribution is -2.37. The Bertz CT molecular complexity index is 886. The maximum absolute atomic E-state index is 13.0. The molecule has 2 aromatic rings. The van der Waals surface area contributed by atoms with Gasteiger partial charge in [0.2, 0.25) is 11.8 Å². The topological polar surface area (TPSA) is 101 Å². The Morgan fingerprint density at radius 2 is 1.96 bits per heavy atom. The van der Waals surface area contributed by atoms with Crippen LogP contribution in [0.4, 0.5) is 10.1 Å². The lowest BCUT2D eigenvalue weighted by molar-refractivity contribution is -0.121. The minimum atomic E-state index is -0.618.